The number of ether oxygens (including phenoxy) is 2. The van der Waals surface area contributed by atoms with Gasteiger partial charge in [-0.1, -0.05) is 12.1 Å². The van der Waals surface area contributed by atoms with Gasteiger partial charge in [-0.25, -0.2) is 14.8 Å². The summed E-state index contributed by atoms with van der Waals surface area (Å²) >= 11 is 0. The van der Waals surface area contributed by atoms with Crippen LogP contribution in [0.2, 0.25) is 0 Å². The van der Waals surface area contributed by atoms with E-state index in [1.165, 1.54) is 17.5 Å². The van der Waals surface area contributed by atoms with Crippen molar-refractivity contribution in [1.29, 1.82) is 0 Å². The highest BCUT2D eigenvalue weighted by atomic mass is 16.5. The number of carbonyl (C=O) groups is 1. The van der Waals surface area contributed by atoms with E-state index in [0.29, 0.717) is 23.8 Å². The number of aromatic nitrogens is 2. The summed E-state index contributed by atoms with van der Waals surface area (Å²) in [4.78, 5) is 20.3. The lowest BCUT2D eigenvalue weighted by Crippen LogP contribution is -2.25. The number of nitrogens with one attached hydrogen (secondary N) is 1. The van der Waals surface area contributed by atoms with Crippen molar-refractivity contribution < 1.29 is 19.4 Å². The van der Waals surface area contributed by atoms with Gasteiger partial charge in [0.15, 0.2) is 0 Å². The first-order chi connectivity index (χ1) is 15.9. The largest absolute Gasteiger partial charge is 0.496 e. The number of methoxy groups -OCH3 is 1. The molecule has 0 bridgehead atoms. The third-order valence-electron chi connectivity index (χ3n) is 6.12. The molecular weight excluding hydrogens is 418 g/mol. The molecule has 0 atom stereocenters. The molecule has 7 heteroatoms. The molecular formula is C26H29N3O4. The van der Waals surface area contributed by atoms with E-state index >= 15 is 0 Å². The summed E-state index contributed by atoms with van der Waals surface area (Å²) in [6.45, 7) is 4.86. The van der Waals surface area contributed by atoms with Gasteiger partial charge in [-0.15, -0.1) is 0 Å². The fourth-order valence-electron chi connectivity index (χ4n) is 3.80. The molecule has 0 unspecified atom stereocenters. The topological polar surface area (TPSA) is 93.6 Å². The minimum atomic E-state index is -0.998. The second kappa shape index (κ2) is 9.90. The van der Waals surface area contributed by atoms with Gasteiger partial charge in [0.2, 0.25) is 0 Å². The molecule has 3 aromatic rings. The van der Waals surface area contributed by atoms with Gasteiger partial charge >= 0.3 is 5.97 Å². The molecule has 1 aliphatic carbocycles. The van der Waals surface area contributed by atoms with Crippen LogP contribution in [0.15, 0.2) is 42.7 Å². The summed E-state index contributed by atoms with van der Waals surface area (Å²) in [5.74, 6) is 0.981. The minimum Gasteiger partial charge on any atom is -0.496 e. The van der Waals surface area contributed by atoms with Gasteiger partial charge in [0.25, 0.3) is 0 Å². The molecule has 1 saturated carbocycles. The summed E-state index contributed by atoms with van der Waals surface area (Å²) in [5, 5.41) is 12.9. The first kappa shape index (κ1) is 22.6. The molecule has 0 spiro atoms. The van der Waals surface area contributed by atoms with Gasteiger partial charge in [-0.3, -0.25) is 0 Å². The maximum absolute atomic E-state index is 11.6. The Hall–Kier alpha value is -3.61. The number of carboxylic acids is 1. The van der Waals surface area contributed by atoms with Crippen LogP contribution >= 0.6 is 0 Å². The summed E-state index contributed by atoms with van der Waals surface area (Å²) in [5.41, 5.74) is 5.24. The van der Waals surface area contributed by atoms with Gasteiger partial charge in [-0.2, -0.15) is 0 Å². The lowest BCUT2D eigenvalue weighted by molar-refractivity contribution is 0.0680. The van der Waals surface area contributed by atoms with Crippen molar-refractivity contribution in [3.05, 3.63) is 65.0 Å². The van der Waals surface area contributed by atoms with Crippen molar-refractivity contribution in [2.75, 3.05) is 19.0 Å². The molecule has 0 amide bonds. The molecule has 1 fully saturated rings. The molecule has 4 rings (SSSR count). The Bertz CT molecular complexity index is 1160. The lowest BCUT2D eigenvalue weighted by atomic mass is 9.96. The van der Waals surface area contributed by atoms with Crippen LogP contribution in [0.25, 0.3) is 11.3 Å². The Morgan fingerprint density at radius 3 is 2.58 bits per heavy atom. The van der Waals surface area contributed by atoms with E-state index in [0.717, 1.165) is 42.6 Å². The second-order valence-corrected chi connectivity index (χ2v) is 8.40. The fourth-order valence-corrected chi connectivity index (χ4v) is 3.80. The quantitative estimate of drug-likeness (QED) is 0.474. The van der Waals surface area contributed by atoms with Crippen molar-refractivity contribution >= 4 is 11.8 Å². The number of carboxylic acid groups (broad SMARTS) is 1. The van der Waals surface area contributed by atoms with Crippen LogP contribution in [0.1, 0.15) is 46.3 Å². The summed E-state index contributed by atoms with van der Waals surface area (Å²) in [6.07, 6.45) is 5.40. The highest BCUT2D eigenvalue weighted by molar-refractivity contribution is 5.92. The highest BCUT2D eigenvalue weighted by Gasteiger charge is 2.22. The summed E-state index contributed by atoms with van der Waals surface area (Å²) < 4.78 is 11.5. The number of hydrogen-bond donors (Lipinski definition) is 2. The molecule has 172 valence electrons. The third-order valence-corrected chi connectivity index (χ3v) is 6.12. The number of aromatic carboxylic acids is 1. The zero-order valence-electron chi connectivity index (χ0n) is 19.2. The third kappa shape index (κ3) is 5.25. The lowest BCUT2D eigenvalue weighted by Gasteiger charge is -2.27. The van der Waals surface area contributed by atoms with E-state index < -0.39 is 5.97 Å². The number of nitrogens with zero attached hydrogens (tertiary/aromatic N) is 2. The Morgan fingerprint density at radius 1 is 1.09 bits per heavy atom. The van der Waals surface area contributed by atoms with Crippen molar-refractivity contribution in [1.82, 2.24) is 9.97 Å². The average Bonchev–Trinajstić information content (AvgIpc) is 2.78. The van der Waals surface area contributed by atoms with E-state index in [1.54, 1.807) is 25.3 Å². The molecule has 33 heavy (non-hydrogen) atoms. The second-order valence-electron chi connectivity index (χ2n) is 8.40. The maximum Gasteiger partial charge on any atom is 0.339 e. The van der Waals surface area contributed by atoms with Crippen LogP contribution in [0.5, 0.6) is 11.5 Å². The molecule has 0 aliphatic heterocycles. The first-order valence-electron chi connectivity index (χ1n) is 11.2. The maximum atomic E-state index is 11.6. The SMILES string of the molecule is COc1cc(C)c(C)cc1CCNc1cc(-c2ccc(C(=O)O)c(OC3CCC3)c2)ncn1. The standard InChI is InChI=1S/C26H29N3O4/c1-16-11-19(23(32-3)12-17(16)2)9-10-27-25-14-22(28-15-29-25)18-7-8-21(26(30)31)24(13-18)33-20-5-4-6-20/h7-8,11-15,20H,4-6,9-10H2,1-3H3,(H,30,31)(H,27,28,29). The van der Waals surface area contributed by atoms with Crippen LogP contribution < -0.4 is 14.8 Å². The van der Waals surface area contributed by atoms with Gasteiger partial charge in [0.05, 0.1) is 18.9 Å². The zero-order chi connectivity index (χ0) is 23.4. The molecule has 0 saturated heterocycles. The van der Waals surface area contributed by atoms with Crippen molar-refractivity contribution in [3.8, 4) is 22.8 Å². The van der Waals surface area contributed by atoms with Crippen molar-refractivity contribution in [2.45, 2.75) is 45.6 Å². The van der Waals surface area contributed by atoms with Crippen LogP contribution in [0, 0.1) is 13.8 Å². The Morgan fingerprint density at radius 2 is 1.88 bits per heavy atom. The minimum absolute atomic E-state index is 0.0865. The molecule has 2 N–H and O–H groups in total. The monoisotopic (exact) mass is 447 g/mol. The van der Waals surface area contributed by atoms with E-state index in [1.807, 2.05) is 6.07 Å². The summed E-state index contributed by atoms with van der Waals surface area (Å²) in [6, 6.07) is 11.2. The van der Waals surface area contributed by atoms with E-state index in [-0.39, 0.29) is 11.7 Å². The predicted molar refractivity (Wildman–Crippen MR) is 127 cm³/mol. The van der Waals surface area contributed by atoms with Crippen LogP contribution in [0.3, 0.4) is 0 Å². The number of hydrogen-bond acceptors (Lipinski definition) is 6. The molecule has 7 nitrogen and oxygen atoms in total. The number of aryl methyl sites for hydroxylation is 2. The van der Waals surface area contributed by atoms with Gasteiger partial charge < -0.3 is 19.9 Å². The van der Waals surface area contributed by atoms with Crippen molar-refractivity contribution in [2.24, 2.45) is 0 Å². The Labute approximate surface area is 193 Å². The fraction of sp³-hybridized carbons (Fsp3) is 0.346. The molecule has 1 heterocycles. The smallest absolute Gasteiger partial charge is 0.339 e. The van der Waals surface area contributed by atoms with Crippen LogP contribution in [0.4, 0.5) is 5.82 Å². The molecule has 0 radical (unpaired) electrons. The first-order valence-corrected chi connectivity index (χ1v) is 11.2. The number of benzene rings is 2. The van der Waals surface area contributed by atoms with Gasteiger partial charge in [-0.05, 0) is 74.4 Å². The molecule has 1 aromatic heterocycles. The predicted octanol–water partition coefficient (Wildman–Crippen LogP) is 5.05. The van der Waals surface area contributed by atoms with E-state index in [4.69, 9.17) is 9.47 Å². The van der Waals surface area contributed by atoms with Gasteiger partial charge in [0, 0.05) is 18.2 Å². The summed E-state index contributed by atoms with van der Waals surface area (Å²) in [7, 11) is 1.69. The number of rotatable bonds is 9. The van der Waals surface area contributed by atoms with Gasteiger partial charge in [0.1, 0.15) is 29.2 Å². The van der Waals surface area contributed by atoms with Crippen molar-refractivity contribution in [3.63, 3.8) is 0 Å². The number of anilines is 1. The van der Waals surface area contributed by atoms with E-state index in [2.05, 4.69) is 41.3 Å². The van der Waals surface area contributed by atoms with Crippen LogP contribution in [-0.2, 0) is 6.42 Å². The molecule has 1 aliphatic rings. The highest BCUT2D eigenvalue weighted by Crippen LogP contribution is 2.32. The zero-order valence-corrected chi connectivity index (χ0v) is 19.2. The Kier molecular flexibility index (Phi) is 6.77. The average molecular weight is 448 g/mol. The Balaban J connectivity index is 1.48. The van der Waals surface area contributed by atoms with E-state index in [9.17, 15) is 9.90 Å². The normalized spacial score (nSPS) is 13.3. The van der Waals surface area contributed by atoms with Crippen LogP contribution in [-0.4, -0.2) is 40.8 Å². The molecule has 2 aromatic carbocycles.